The van der Waals surface area contributed by atoms with Gasteiger partial charge >= 0.3 is 5.97 Å². The molecule has 22 heavy (non-hydrogen) atoms. The Balaban J connectivity index is 2.02. The standard InChI is InChI=1S/C17H17Cl2NO2/c18-13-7-6-11(8-14(13)19)10-20-15-5-3-1-2-4-12(15)9-16(20)17(21)22/h6-9H,1-5,10H2,(H,21,22). The maximum absolute atomic E-state index is 11.6. The highest BCUT2D eigenvalue weighted by molar-refractivity contribution is 6.42. The SMILES string of the molecule is O=C(O)c1cc2c(n1Cc1ccc(Cl)c(Cl)c1)CCCCC2. The monoisotopic (exact) mass is 337 g/mol. The van der Waals surface area contributed by atoms with Gasteiger partial charge in [0.1, 0.15) is 5.69 Å². The Morgan fingerprint density at radius 1 is 1.09 bits per heavy atom. The molecule has 0 atom stereocenters. The van der Waals surface area contributed by atoms with E-state index in [4.69, 9.17) is 23.2 Å². The van der Waals surface area contributed by atoms with Crippen molar-refractivity contribution in [3.63, 3.8) is 0 Å². The van der Waals surface area contributed by atoms with Gasteiger partial charge < -0.3 is 9.67 Å². The van der Waals surface area contributed by atoms with Crippen LogP contribution in [0.25, 0.3) is 0 Å². The fraction of sp³-hybridized carbons (Fsp3) is 0.353. The molecule has 1 N–H and O–H groups in total. The predicted molar refractivity (Wildman–Crippen MR) is 88.2 cm³/mol. The number of aryl methyl sites for hydroxylation is 1. The minimum atomic E-state index is -0.881. The molecular weight excluding hydrogens is 321 g/mol. The number of halogens is 2. The lowest BCUT2D eigenvalue weighted by molar-refractivity contribution is 0.0685. The van der Waals surface area contributed by atoms with Crippen molar-refractivity contribution in [1.82, 2.24) is 4.57 Å². The summed E-state index contributed by atoms with van der Waals surface area (Å²) in [6, 6.07) is 7.28. The third-order valence-electron chi connectivity index (χ3n) is 4.20. The first-order valence-corrected chi connectivity index (χ1v) is 8.20. The van der Waals surface area contributed by atoms with Crippen LogP contribution in [0.1, 0.15) is 46.6 Å². The first-order valence-electron chi connectivity index (χ1n) is 7.45. The minimum absolute atomic E-state index is 0.359. The average Bonchev–Trinajstić information content (AvgIpc) is 2.67. The fourth-order valence-corrected chi connectivity index (χ4v) is 3.44. The summed E-state index contributed by atoms with van der Waals surface area (Å²) < 4.78 is 1.92. The van der Waals surface area contributed by atoms with E-state index in [1.807, 2.05) is 16.7 Å². The van der Waals surface area contributed by atoms with Gasteiger partial charge in [-0.3, -0.25) is 0 Å². The van der Waals surface area contributed by atoms with E-state index in [9.17, 15) is 9.90 Å². The molecule has 0 fully saturated rings. The van der Waals surface area contributed by atoms with E-state index in [0.29, 0.717) is 22.3 Å². The third-order valence-corrected chi connectivity index (χ3v) is 4.94. The summed E-state index contributed by atoms with van der Waals surface area (Å²) in [7, 11) is 0. The maximum atomic E-state index is 11.6. The smallest absolute Gasteiger partial charge is 0.352 e. The molecular formula is C17H17Cl2NO2. The predicted octanol–water partition coefficient (Wildman–Crippen LogP) is 4.81. The van der Waals surface area contributed by atoms with Crippen LogP contribution < -0.4 is 0 Å². The van der Waals surface area contributed by atoms with E-state index < -0.39 is 5.97 Å². The second-order valence-electron chi connectivity index (χ2n) is 5.70. The Labute approximate surface area is 139 Å². The van der Waals surface area contributed by atoms with Gasteiger partial charge in [-0.05, 0) is 55.0 Å². The number of carboxylic acids is 1. The van der Waals surface area contributed by atoms with Crippen molar-refractivity contribution in [1.29, 1.82) is 0 Å². The number of nitrogens with zero attached hydrogens (tertiary/aromatic N) is 1. The molecule has 1 aliphatic rings. The van der Waals surface area contributed by atoms with Crippen LogP contribution in [0.5, 0.6) is 0 Å². The van der Waals surface area contributed by atoms with E-state index in [-0.39, 0.29) is 0 Å². The zero-order valence-electron chi connectivity index (χ0n) is 12.1. The van der Waals surface area contributed by atoms with E-state index in [0.717, 1.165) is 36.9 Å². The van der Waals surface area contributed by atoms with Crippen molar-refractivity contribution >= 4 is 29.2 Å². The van der Waals surface area contributed by atoms with Crippen LogP contribution in [-0.4, -0.2) is 15.6 Å². The van der Waals surface area contributed by atoms with Gasteiger partial charge in [-0.1, -0.05) is 35.7 Å². The fourth-order valence-electron chi connectivity index (χ4n) is 3.12. The molecule has 1 heterocycles. The molecule has 1 aromatic carbocycles. The van der Waals surface area contributed by atoms with Crippen LogP contribution in [0, 0.1) is 0 Å². The summed E-state index contributed by atoms with van der Waals surface area (Å²) in [6.45, 7) is 0.508. The lowest BCUT2D eigenvalue weighted by Gasteiger charge is -2.13. The normalized spacial score (nSPS) is 14.5. The number of hydrogen-bond acceptors (Lipinski definition) is 1. The highest BCUT2D eigenvalue weighted by Crippen LogP contribution is 2.27. The number of aromatic nitrogens is 1. The molecule has 0 spiro atoms. The van der Waals surface area contributed by atoms with Gasteiger partial charge in [0.2, 0.25) is 0 Å². The van der Waals surface area contributed by atoms with Gasteiger partial charge in [-0.25, -0.2) is 4.79 Å². The summed E-state index contributed by atoms with van der Waals surface area (Å²) in [4.78, 5) is 11.6. The number of fused-ring (bicyclic) bond motifs is 1. The van der Waals surface area contributed by atoms with Crippen LogP contribution in [0.2, 0.25) is 10.0 Å². The average molecular weight is 338 g/mol. The number of carboxylic acid groups (broad SMARTS) is 1. The minimum Gasteiger partial charge on any atom is -0.477 e. The highest BCUT2D eigenvalue weighted by atomic mass is 35.5. The van der Waals surface area contributed by atoms with Crippen molar-refractivity contribution in [2.45, 2.75) is 38.6 Å². The summed E-state index contributed by atoms with van der Waals surface area (Å²) in [5.74, 6) is -0.881. The number of carbonyl (C=O) groups is 1. The largest absolute Gasteiger partial charge is 0.477 e. The first kappa shape index (κ1) is 15.4. The maximum Gasteiger partial charge on any atom is 0.352 e. The molecule has 1 aliphatic carbocycles. The van der Waals surface area contributed by atoms with Crippen LogP contribution in [0.4, 0.5) is 0 Å². The van der Waals surface area contributed by atoms with Crippen LogP contribution >= 0.6 is 23.2 Å². The molecule has 0 radical (unpaired) electrons. The van der Waals surface area contributed by atoms with E-state index in [1.54, 1.807) is 12.1 Å². The first-order chi connectivity index (χ1) is 10.6. The summed E-state index contributed by atoms with van der Waals surface area (Å²) in [5.41, 5.74) is 3.65. The quantitative estimate of drug-likeness (QED) is 0.816. The van der Waals surface area contributed by atoms with Gasteiger partial charge in [-0.2, -0.15) is 0 Å². The van der Waals surface area contributed by atoms with Gasteiger partial charge in [0, 0.05) is 12.2 Å². The zero-order valence-corrected chi connectivity index (χ0v) is 13.6. The van der Waals surface area contributed by atoms with E-state index in [1.165, 1.54) is 12.0 Å². The van der Waals surface area contributed by atoms with Crippen LogP contribution in [-0.2, 0) is 19.4 Å². The van der Waals surface area contributed by atoms with Gasteiger partial charge in [0.05, 0.1) is 10.0 Å². The number of aromatic carboxylic acids is 1. The summed E-state index contributed by atoms with van der Waals surface area (Å²) in [6.07, 6.45) is 5.33. The molecule has 0 amide bonds. The molecule has 0 saturated carbocycles. The van der Waals surface area contributed by atoms with Crippen molar-refractivity contribution in [2.75, 3.05) is 0 Å². The molecule has 5 heteroatoms. The summed E-state index contributed by atoms with van der Waals surface area (Å²) >= 11 is 12.0. The summed E-state index contributed by atoms with van der Waals surface area (Å²) in [5, 5.41) is 10.5. The lowest BCUT2D eigenvalue weighted by Crippen LogP contribution is -2.12. The molecule has 116 valence electrons. The Kier molecular flexibility index (Phi) is 4.46. The molecule has 1 aromatic heterocycles. The molecule has 3 nitrogen and oxygen atoms in total. The van der Waals surface area contributed by atoms with Crippen molar-refractivity contribution in [2.24, 2.45) is 0 Å². The van der Waals surface area contributed by atoms with Crippen molar-refractivity contribution in [3.8, 4) is 0 Å². The Bertz CT molecular complexity index is 722. The van der Waals surface area contributed by atoms with Gasteiger partial charge in [-0.15, -0.1) is 0 Å². The van der Waals surface area contributed by atoms with Crippen LogP contribution in [0.3, 0.4) is 0 Å². The molecule has 0 aliphatic heterocycles. The Hall–Kier alpha value is -1.45. The van der Waals surface area contributed by atoms with Crippen molar-refractivity contribution < 1.29 is 9.90 Å². The van der Waals surface area contributed by atoms with Crippen molar-refractivity contribution in [3.05, 3.63) is 56.8 Å². The molecule has 2 aromatic rings. The number of benzene rings is 1. The van der Waals surface area contributed by atoms with E-state index in [2.05, 4.69) is 0 Å². The van der Waals surface area contributed by atoms with E-state index >= 15 is 0 Å². The molecule has 0 saturated heterocycles. The number of rotatable bonds is 3. The molecule has 3 rings (SSSR count). The Morgan fingerprint density at radius 3 is 2.59 bits per heavy atom. The van der Waals surface area contributed by atoms with Gasteiger partial charge in [0.15, 0.2) is 0 Å². The third kappa shape index (κ3) is 3.01. The second kappa shape index (κ2) is 6.35. The number of hydrogen-bond donors (Lipinski definition) is 1. The topological polar surface area (TPSA) is 42.2 Å². The lowest BCUT2D eigenvalue weighted by atomic mass is 10.1. The van der Waals surface area contributed by atoms with Gasteiger partial charge in [0.25, 0.3) is 0 Å². The molecule has 0 bridgehead atoms. The second-order valence-corrected chi connectivity index (χ2v) is 6.52. The Morgan fingerprint density at radius 2 is 1.86 bits per heavy atom. The van der Waals surface area contributed by atoms with Crippen LogP contribution in [0.15, 0.2) is 24.3 Å². The molecule has 0 unspecified atom stereocenters. The highest BCUT2D eigenvalue weighted by Gasteiger charge is 2.21. The zero-order chi connectivity index (χ0) is 15.7.